The number of hydrogen-bond donors (Lipinski definition) is 4. The monoisotopic (exact) mass is 334 g/mol. The van der Waals surface area contributed by atoms with Crippen molar-refractivity contribution in [3.8, 4) is 0 Å². The summed E-state index contributed by atoms with van der Waals surface area (Å²) in [7, 11) is -2.89. The molecule has 2 N–H and O–H groups in total. The summed E-state index contributed by atoms with van der Waals surface area (Å²) in [6.07, 6.45) is 3.67. The highest BCUT2D eigenvalue weighted by Gasteiger charge is 2.14. The molecule has 18 heavy (non-hydrogen) atoms. The summed E-state index contributed by atoms with van der Waals surface area (Å²) in [6, 6.07) is 0. The van der Waals surface area contributed by atoms with Crippen LogP contribution in [0.5, 0.6) is 0 Å². The number of thiol groups is 2. The van der Waals surface area contributed by atoms with Crippen molar-refractivity contribution in [2.75, 3.05) is 36.3 Å². The lowest BCUT2D eigenvalue weighted by Crippen LogP contribution is -2.11. The van der Waals surface area contributed by atoms with Gasteiger partial charge in [0.05, 0.1) is 17.8 Å². The molecule has 0 aromatic rings. The normalized spacial score (nSPS) is 20.4. The van der Waals surface area contributed by atoms with E-state index in [1.165, 1.54) is 0 Å². The van der Waals surface area contributed by atoms with E-state index in [-0.39, 0.29) is 5.94 Å². The van der Waals surface area contributed by atoms with Gasteiger partial charge in [-0.15, -0.1) is 0 Å². The van der Waals surface area contributed by atoms with E-state index in [9.17, 15) is 4.55 Å². The first-order chi connectivity index (χ1) is 8.30. The van der Waals surface area contributed by atoms with E-state index >= 15 is 0 Å². The van der Waals surface area contributed by atoms with Gasteiger partial charge in [0.15, 0.2) is 0 Å². The quantitative estimate of drug-likeness (QED) is 0.313. The highest BCUT2D eigenvalue weighted by atomic mass is 32.3. The molecule has 2 radical (unpaired) electrons. The number of rotatable bonds is 8. The molecule has 0 aliphatic rings. The zero-order chi connectivity index (χ0) is 14.7. The van der Waals surface area contributed by atoms with Crippen molar-refractivity contribution in [1.29, 1.82) is 0 Å². The van der Waals surface area contributed by atoms with Crippen LogP contribution in [0.4, 0.5) is 0 Å². The SMILES string of the molecule is C[B]S(C)(CO)OCS.C[B]S(C)(O)COCS. The first-order valence-corrected chi connectivity index (χ1v) is 10.9. The lowest BCUT2D eigenvalue weighted by Gasteiger charge is -2.30. The van der Waals surface area contributed by atoms with Gasteiger partial charge in [-0.3, -0.25) is 0 Å². The van der Waals surface area contributed by atoms with Crippen LogP contribution in [0.3, 0.4) is 0 Å². The van der Waals surface area contributed by atoms with E-state index in [1.54, 1.807) is 12.8 Å². The van der Waals surface area contributed by atoms with Crippen LogP contribution in [0, 0.1) is 0 Å². The molecular weight excluding hydrogens is 310 g/mol. The summed E-state index contributed by atoms with van der Waals surface area (Å²) in [5.41, 5.74) is 0. The number of hydrogen-bond acceptors (Lipinski definition) is 6. The molecule has 2 unspecified atom stereocenters. The van der Waals surface area contributed by atoms with Gasteiger partial charge in [-0.25, -0.2) is 0 Å². The van der Waals surface area contributed by atoms with Gasteiger partial charge in [-0.1, -0.05) is 13.6 Å². The van der Waals surface area contributed by atoms with E-state index in [4.69, 9.17) is 14.0 Å². The van der Waals surface area contributed by atoms with Crippen molar-refractivity contribution in [2.24, 2.45) is 0 Å². The second-order valence-corrected chi connectivity index (χ2v) is 10.0. The molecular formula is C8H24B2O4S4. The lowest BCUT2D eigenvalue weighted by molar-refractivity contribution is 0.235. The van der Waals surface area contributed by atoms with Crippen LogP contribution in [0.1, 0.15) is 0 Å². The van der Waals surface area contributed by atoms with Crippen LogP contribution in [0.15, 0.2) is 0 Å². The average Bonchev–Trinajstić information content (AvgIpc) is 2.37. The van der Waals surface area contributed by atoms with Gasteiger partial charge in [0.1, 0.15) is 5.94 Å². The third-order valence-electron chi connectivity index (χ3n) is 2.00. The molecule has 0 aromatic carbocycles. The van der Waals surface area contributed by atoms with Crippen molar-refractivity contribution in [3.63, 3.8) is 0 Å². The summed E-state index contributed by atoms with van der Waals surface area (Å²) in [5, 5.41) is 8.76. The number of aliphatic hydroxyl groups excluding tert-OH is 1. The number of ether oxygens (including phenoxy) is 1. The molecule has 0 aromatic heterocycles. The summed E-state index contributed by atoms with van der Waals surface area (Å²) < 4.78 is 19.4. The standard InChI is InChI=1S/2C4H12BO2S2/c1-5-9(2,6)4-7-3-8;1-5-9(2,3-6)7-4-8/h2*6,8H,3-4H2,1-2H3. The minimum atomic E-state index is -1.58. The lowest BCUT2D eigenvalue weighted by atomic mass is 10.2. The van der Waals surface area contributed by atoms with E-state index in [0.717, 1.165) is 0 Å². The molecule has 0 amide bonds. The molecule has 0 heterocycles. The predicted molar refractivity (Wildman–Crippen MR) is 94.7 cm³/mol. The molecule has 110 valence electrons. The smallest absolute Gasteiger partial charge is 0.202 e. The van der Waals surface area contributed by atoms with Gasteiger partial charge >= 0.3 is 0 Å². The minimum absolute atomic E-state index is 0.0874. The van der Waals surface area contributed by atoms with Gasteiger partial charge in [0, 0.05) is 0 Å². The van der Waals surface area contributed by atoms with Gasteiger partial charge < -0.3 is 18.6 Å². The van der Waals surface area contributed by atoms with Crippen molar-refractivity contribution >= 4 is 58.7 Å². The fourth-order valence-corrected chi connectivity index (χ4v) is 2.67. The molecule has 0 fully saturated rings. The maximum Gasteiger partial charge on any atom is 0.202 e. The van der Waals surface area contributed by atoms with Gasteiger partial charge in [0.2, 0.25) is 13.1 Å². The first-order valence-electron chi connectivity index (χ1n) is 5.18. The summed E-state index contributed by atoms with van der Waals surface area (Å²) in [6.45, 7) is 7.38. The Balaban J connectivity index is 0. The Hall–Kier alpha value is 1.37. The Morgan fingerprint density at radius 1 is 1.11 bits per heavy atom. The topological polar surface area (TPSA) is 58.9 Å². The van der Waals surface area contributed by atoms with E-state index in [0.29, 0.717) is 17.8 Å². The molecule has 0 aliphatic heterocycles. The Labute approximate surface area is 127 Å². The average molecular weight is 334 g/mol. The fourth-order valence-electron chi connectivity index (χ4n) is 0.574. The van der Waals surface area contributed by atoms with Crippen LogP contribution in [-0.4, -0.2) is 59.0 Å². The minimum Gasteiger partial charge on any atom is -0.386 e. The van der Waals surface area contributed by atoms with Crippen molar-refractivity contribution in [1.82, 2.24) is 0 Å². The maximum atomic E-state index is 9.32. The van der Waals surface area contributed by atoms with Gasteiger partial charge in [0.25, 0.3) is 0 Å². The zero-order valence-electron chi connectivity index (χ0n) is 11.4. The van der Waals surface area contributed by atoms with Crippen LogP contribution < -0.4 is 0 Å². The van der Waals surface area contributed by atoms with Crippen LogP contribution >= 0.6 is 45.6 Å². The summed E-state index contributed by atoms with van der Waals surface area (Å²) in [4.78, 5) is 0. The molecule has 0 bridgehead atoms. The van der Waals surface area contributed by atoms with Gasteiger partial charge in [-0.2, -0.15) is 45.6 Å². The van der Waals surface area contributed by atoms with Crippen molar-refractivity contribution < 1.29 is 18.6 Å². The molecule has 2 atom stereocenters. The number of aliphatic hydroxyl groups is 1. The highest BCUT2D eigenvalue weighted by Crippen LogP contribution is 2.41. The van der Waals surface area contributed by atoms with Crippen LogP contribution in [-0.2, 0) is 8.92 Å². The van der Waals surface area contributed by atoms with Crippen molar-refractivity contribution in [3.05, 3.63) is 0 Å². The Morgan fingerprint density at radius 3 is 1.89 bits per heavy atom. The van der Waals surface area contributed by atoms with Crippen LogP contribution in [0.2, 0.25) is 13.6 Å². The third-order valence-corrected chi connectivity index (χ3v) is 6.31. The van der Waals surface area contributed by atoms with E-state index < -0.39 is 20.3 Å². The first kappa shape index (κ1) is 21.7. The largest absolute Gasteiger partial charge is 0.386 e. The maximum absolute atomic E-state index is 9.32. The second kappa shape index (κ2) is 12.1. The molecule has 4 nitrogen and oxygen atoms in total. The van der Waals surface area contributed by atoms with Crippen molar-refractivity contribution in [2.45, 2.75) is 13.6 Å². The molecule has 0 saturated carbocycles. The third kappa shape index (κ3) is 12.4. The molecule has 10 heteroatoms. The molecule has 0 saturated heterocycles. The molecule has 0 aliphatic carbocycles. The van der Waals surface area contributed by atoms with E-state index in [1.807, 2.05) is 26.5 Å². The van der Waals surface area contributed by atoms with Gasteiger partial charge in [-0.05, 0) is 12.5 Å². The van der Waals surface area contributed by atoms with Crippen LogP contribution in [0.25, 0.3) is 0 Å². The Kier molecular flexibility index (Phi) is 14.6. The predicted octanol–water partition coefficient (Wildman–Crippen LogP) is 2.28. The Morgan fingerprint density at radius 2 is 1.67 bits per heavy atom. The molecule has 0 spiro atoms. The zero-order valence-corrected chi connectivity index (χ0v) is 14.8. The summed E-state index contributed by atoms with van der Waals surface area (Å²) >= 11 is 7.73. The summed E-state index contributed by atoms with van der Waals surface area (Å²) in [5.74, 6) is 1.23. The fraction of sp³-hybridized carbons (Fsp3) is 1.00. The van der Waals surface area contributed by atoms with E-state index in [2.05, 4.69) is 25.3 Å². The Bertz CT molecular complexity index is 196. The highest BCUT2D eigenvalue weighted by molar-refractivity contribution is 8.48. The molecule has 0 rings (SSSR count). The second-order valence-electron chi connectivity index (χ2n) is 3.48.